The minimum atomic E-state index is -0.0495. The normalized spacial score (nSPS) is 25.2. The second-order valence-corrected chi connectivity index (χ2v) is 6.29. The number of nitrogens with zero attached hydrogens (tertiary/aromatic N) is 4. The third kappa shape index (κ3) is 3.17. The number of rotatable bonds is 3. The molecule has 0 radical (unpaired) electrons. The molecule has 0 saturated carbocycles. The molecule has 0 aliphatic carbocycles. The van der Waals surface area contributed by atoms with Crippen LogP contribution in [0.25, 0.3) is 0 Å². The summed E-state index contributed by atoms with van der Waals surface area (Å²) in [6.07, 6.45) is 6.04. The first-order chi connectivity index (χ1) is 10.7. The van der Waals surface area contributed by atoms with Gasteiger partial charge in [0, 0.05) is 38.6 Å². The predicted molar refractivity (Wildman–Crippen MR) is 83.7 cm³/mol. The summed E-state index contributed by atoms with van der Waals surface area (Å²) < 4.78 is 7.58. The maximum Gasteiger partial charge on any atom is 0.239 e. The van der Waals surface area contributed by atoms with Crippen LogP contribution in [0.2, 0.25) is 0 Å². The number of aromatic nitrogens is 2. The molecule has 2 aliphatic heterocycles. The van der Waals surface area contributed by atoms with E-state index in [0.29, 0.717) is 6.04 Å². The van der Waals surface area contributed by atoms with Gasteiger partial charge in [0.2, 0.25) is 5.91 Å². The van der Waals surface area contributed by atoms with Crippen molar-refractivity contribution in [1.82, 2.24) is 19.4 Å². The number of imidazole rings is 1. The highest BCUT2D eigenvalue weighted by Gasteiger charge is 2.31. The fourth-order valence-electron chi connectivity index (χ4n) is 3.54. The largest absolute Gasteiger partial charge is 0.379 e. The van der Waals surface area contributed by atoms with Crippen LogP contribution in [0.5, 0.6) is 0 Å². The van der Waals surface area contributed by atoms with Gasteiger partial charge in [0.05, 0.1) is 25.3 Å². The maximum atomic E-state index is 12.8. The monoisotopic (exact) mass is 306 g/mol. The van der Waals surface area contributed by atoms with Crippen molar-refractivity contribution in [3.8, 4) is 0 Å². The number of hydrogen-bond donors (Lipinski definition) is 0. The molecule has 0 aromatic carbocycles. The average molecular weight is 306 g/mol. The molecule has 3 heterocycles. The molecule has 2 fully saturated rings. The number of hydrogen-bond acceptors (Lipinski definition) is 4. The molecule has 0 bridgehead atoms. The lowest BCUT2D eigenvalue weighted by atomic mass is 10.0. The molecule has 22 heavy (non-hydrogen) atoms. The fourth-order valence-corrected chi connectivity index (χ4v) is 3.54. The lowest BCUT2D eigenvalue weighted by Gasteiger charge is -2.38. The van der Waals surface area contributed by atoms with Gasteiger partial charge in [-0.3, -0.25) is 9.69 Å². The van der Waals surface area contributed by atoms with Crippen molar-refractivity contribution >= 4 is 5.91 Å². The van der Waals surface area contributed by atoms with E-state index in [0.717, 1.165) is 58.1 Å². The first kappa shape index (κ1) is 15.5. The molecule has 122 valence electrons. The van der Waals surface area contributed by atoms with Crippen LogP contribution >= 0.6 is 0 Å². The van der Waals surface area contributed by atoms with Gasteiger partial charge < -0.3 is 14.2 Å². The Balaban J connectivity index is 1.63. The highest BCUT2D eigenvalue weighted by Crippen LogP contribution is 2.23. The molecule has 6 heteroatoms. The van der Waals surface area contributed by atoms with Crippen LogP contribution in [-0.4, -0.2) is 70.7 Å². The Bertz CT molecular complexity index is 510. The number of carbonyl (C=O) groups is 1. The summed E-state index contributed by atoms with van der Waals surface area (Å²) in [5.74, 6) is 1.28. The van der Waals surface area contributed by atoms with E-state index in [1.807, 2.05) is 31.1 Å². The second kappa shape index (κ2) is 6.79. The molecule has 0 unspecified atom stereocenters. The minimum Gasteiger partial charge on any atom is -0.379 e. The standard InChI is InChI=1S/C16H26N4O2/c1-13(18-8-10-22-11-9-18)16(21)19-6-3-4-15(12-19)20-7-5-17-14(20)2/h5,7,13,15H,3-4,6,8-12H2,1-2H3/t13-,15-/m0/s1. The van der Waals surface area contributed by atoms with E-state index in [-0.39, 0.29) is 11.9 Å². The Morgan fingerprint density at radius 3 is 2.82 bits per heavy atom. The van der Waals surface area contributed by atoms with Crippen molar-refractivity contribution in [2.45, 2.75) is 38.8 Å². The fraction of sp³-hybridized carbons (Fsp3) is 0.750. The lowest BCUT2D eigenvalue weighted by Crippen LogP contribution is -2.53. The van der Waals surface area contributed by atoms with Crippen molar-refractivity contribution in [1.29, 1.82) is 0 Å². The predicted octanol–water partition coefficient (Wildman–Crippen LogP) is 1.08. The van der Waals surface area contributed by atoms with Crippen LogP contribution in [0.4, 0.5) is 0 Å². The Labute approximate surface area is 132 Å². The lowest BCUT2D eigenvalue weighted by molar-refractivity contribution is -0.139. The number of piperidine rings is 1. The number of likely N-dealkylation sites (tertiary alicyclic amines) is 1. The third-order valence-corrected chi connectivity index (χ3v) is 4.91. The van der Waals surface area contributed by atoms with Crippen molar-refractivity contribution in [3.63, 3.8) is 0 Å². The highest BCUT2D eigenvalue weighted by atomic mass is 16.5. The van der Waals surface area contributed by atoms with Crippen molar-refractivity contribution in [3.05, 3.63) is 18.2 Å². The van der Waals surface area contributed by atoms with Gasteiger partial charge in [-0.1, -0.05) is 0 Å². The second-order valence-electron chi connectivity index (χ2n) is 6.29. The van der Waals surface area contributed by atoms with Crippen LogP contribution < -0.4 is 0 Å². The Hall–Kier alpha value is -1.40. The zero-order chi connectivity index (χ0) is 15.5. The summed E-state index contributed by atoms with van der Waals surface area (Å²) in [4.78, 5) is 21.4. The average Bonchev–Trinajstić information content (AvgIpc) is 3.00. The van der Waals surface area contributed by atoms with E-state index in [2.05, 4.69) is 14.5 Å². The van der Waals surface area contributed by atoms with E-state index < -0.39 is 0 Å². The van der Waals surface area contributed by atoms with Gasteiger partial charge >= 0.3 is 0 Å². The van der Waals surface area contributed by atoms with Crippen LogP contribution in [0, 0.1) is 6.92 Å². The summed E-state index contributed by atoms with van der Waals surface area (Å²) >= 11 is 0. The van der Waals surface area contributed by atoms with Crippen LogP contribution in [-0.2, 0) is 9.53 Å². The number of aryl methyl sites for hydroxylation is 1. The molecule has 0 N–H and O–H groups in total. The van der Waals surface area contributed by atoms with Gasteiger partial charge in [0.15, 0.2) is 0 Å². The molecular weight excluding hydrogens is 280 g/mol. The molecule has 6 nitrogen and oxygen atoms in total. The van der Waals surface area contributed by atoms with Crippen molar-refractivity contribution in [2.24, 2.45) is 0 Å². The number of ether oxygens (including phenoxy) is 1. The molecule has 1 aromatic heterocycles. The molecule has 3 rings (SSSR count). The first-order valence-corrected chi connectivity index (χ1v) is 8.27. The maximum absolute atomic E-state index is 12.8. The Morgan fingerprint density at radius 2 is 2.14 bits per heavy atom. The van der Waals surface area contributed by atoms with Gasteiger partial charge in [-0.25, -0.2) is 4.98 Å². The third-order valence-electron chi connectivity index (χ3n) is 4.91. The zero-order valence-corrected chi connectivity index (χ0v) is 13.6. The summed E-state index contributed by atoms with van der Waals surface area (Å²) in [6.45, 7) is 8.89. The van der Waals surface area contributed by atoms with E-state index in [4.69, 9.17) is 4.74 Å². The minimum absolute atomic E-state index is 0.0495. The summed E-state index contributed by atoms with van der Waals surface area (Å²) in [5.41, 5.74) is 0. The van der Waals surface area contributed by atoms with E-state index in [1.54, 1.807) is 0 Å². The van der Waals surface area contributed by atoms with E-state index in [1.165, 1.54) is 0 Å². The summed E-state index contributed by atoms with van der Waals surface area (Å²) in [5, 5.41) is 0. The van der Waals surface area contributed by atoms with E-state index >= 15 is 0 Å². The SMILES string of the molecule is Cc1nccn1[C@H]1CCCN(C(=O)[C@H](C)N2CCOCC2)C1. The molecule has 1 amide bonds. The van der Waals surface area contributed by atoms with Crippen molar-refractivity contribution < 1.29 is 9.53 Å². The highest BCUT2D eigenvalue weighted by molar-refractivity contribution is 5.81. The smallest absolute Gasteiger partial charge is 0.239 e. The number of amides is 1. The molecule has 0 spiro atoms. The summed E-state index contributed by atoms with van der Waals surface area (Å²) in [6, 6.07) is 0.309. The Kier molecular flexibility index (Phi) is 4.78. The van der Waals surface area contributed by atoms with Crippen LogP contribution in [0.3, 0.4) is 0 Å². The van der Waals surface area contributed by atoms with Gasteiger partial charge in [-0.15, -0.1) is 0 Å². The van der Waals surface area contributed by atoms with Crippen molar-refractivity contribution in [2.75, 3.05) is 39.4 Å². The number of carbonyl (C=O) groups excluding carboxylic acids is 1. The van der Waals surface area contributed by atoms with Crippen LogP contribution in [0.15, 0.2) is 12.4 Å². The summed E-state index contributed by atoms with van der Waals surface area (Å²) in [7, 11) is 0. The van der Waals surface area contributed by atoms with Gasteiger partial charge in [0.1, 0.15) is 5.82 Å². The van der Waals surface area contributed by atoms with Gasteiger partial charge in [-0.05, 0) is 26.7 Å². The molecule has 1 aromatic rings. The van der Waals surface area contributed by atoms with Gasteiger partial charge in [-0.2, -0.15) is 0 Å². The molecule has 2 saturated heterocycles. The molecule has 2 atom stereocenters. The molecular formula is C16H26N4O2. The molecule has 2 aliphatic rings. The topological polar surface area (TPSA) is 50.6 Å². The first-order valence-electron chi connectivity index (χ1n) is 8.27. The zero-order valence-electron chi connectivity index (χ0n) is 13.6. The van der Waals surface area contributed by atoms with Gasteiger partial charge in [0.25, 0.3) is 0 Å². The number of morpholine rings is 1. The Morgan fingerprint density at radius 1 is 1.36 bits per heavy atom. The quantitative estimate of drug-likeness (QED) is 0.838. The van der Waals surface area contributed by atoms with E-state index in [9.17, 15) is 4.79 Å². The van der Waals surface area contributed by atoms with Crippen LogP contribution in [0.1, 0.15) is 31.6 Å².